The summed E-state index contributed by atoms with van der Waals surface area (Å²) in [5.74, 6) is -0.182. The molecule has 1 N–H and O–H groups in total. The number of aryl methyl sites for hydroxylation is 1. The topological polar surface area (TPSA) is 49.4 Å². The lowest BCUT2D eigenvalue weighted by Crippen LogP contribution is -2.24. The van der Waals surface area contributed by atoms with E-state index in [1.165, 1.54) is 0 Å². The summed E-state index contributed by atoms with van der Waals surface area (Å²) < 4.78 is 0. The predicted molar refractivity (Wildman–Crippen MR) is 96.5 cm³/mol. The van der Waals surface area contributed by atoms with Crippen LogP contribution in [-0.2, 0) is 11.3 Å². The van der Waals surface area contributed by atoms with Crippen molar-refractivity contribution in [3.8, 4) is 0 Å². The highest BCUT2D eigenvalue weighted by molar-refractivity contribution is 5.94. The maximum Gasteiger partial charge on any atom is 0.251 e. The Bertz CT molecular complexity index is 748. The molecular weight excluding hydrogens is 300 g/mol. The second-order valence-corrected chi connectivity index (χ2v) is 5.72. The molecule has 124 valence electrons. The average Bonchev–Trinajstić information content (AvgIpc) is 2.59. The number of nitrogens with zero attached hydrogens (tertiary/aromatic N) is 1. The van der Waals surface area contributed by atoms with E-state index in [4.69, 9.17) is 0 Å². The van der Waals surface area contributed by atoms with Crippen LogP contribution < -0.4 is 5.32 Å². The Kier molecular flexibility index (Phi) is 5.90. The minimum Gasteiger partial charge on any atom is -0.355 e. The molecule has 0 saturated carbocycles. The number of carbonyl (C=O) groups is 2. The third kappa shape index (κ3) is 4.81. The second kappa shape index (κ2) is 8.11. The Hall–Kier alpha value is -2.88. The monoisotopic (exact) mass is 322 g/mol. The van der Waals surface area contributed by atoms with Gasteiger partial charge in [-0.25, -0.2) is 0 Å². The van der Waals surface area contributed by atoms with E-state index < -0.39 is 0 Å². The molecule has 2 amide bonds. The van der Waals surface area contributed by atoms with Gasteiger partial charge in [-0.1, -0.05) is 42.0 Å². The van der Waals surface area contributed by atoms with Crippen molar-refractivity contribution in [2.24, 2.45) is 0 Å². The molecule has 0 aliphatic heterocycles. The van der Waals surface area contributed by atoms with E-state index in [1.807, 2.05) is 49.4 Å². The zero-order chi connectivity index (χ0) is 17.5. The van der Waals surface area contributed by atoms with Crippen molar-refractivity contribution in [2.75, 3.05) is 14.1 Å². The number of carbonyl (C=O) groups excluding carboxylic acids is 2. The normalized spacial score (nSPS) is 10.6. The van der Waals surface area contributed by atoms with Crippen LogP contribution in [-0.4, -0.2) is 30.8 Å². The zero-order valence-electron chi connectivity index (χ0n) is 14.2. The number of hydrogen-bond acceptors (Lipinski definition) is 2. The standard InChI is InChI=1S/C20H22N2O2/c1-15-5-4-6-16(13-15)9-12-19(23)22(3)14-17-7-10-18(11-8-17)20(24)21-2/h4-13H,14H2,1-3H3,(H,21,24)/b12-9+. The Morgan fingerprint density at radius 3 is 2.46 bits per heavy atom. The Morgan fingerprint density at radius 1 is 1.12 bits per heavy atom. The van der Waals surface area contributed by atoms with Gasteiger partial charge in [0.1, 0.15) is 0 Å². The van der Waals surface area contributed by atoms with Gasteiger partial charge in [-0.05, 0) is 36.3 Å². The first kappa shape index (κ1) is 17.5. The molecule has 0 heterocycles. The molecular formula is C20H22N2O2. The fourth-order valence-electron chi connectivity index (χ4n) is 2.33. The van der Waals surface area contributed by atoms with Crippen LogP contribution in [0.4, 0.5) is 0 Å². The van der Waals surface area contributed by atoms with E-state index in [9.17, 15) is 9.59 Å². The molecule has 0 aliphatic carbocycles. The van der Waals surface area contributed by atoms with Gasteiger partial charge in [0, 0.05) is 32.3 Å². The van der Waals surface area contributed by atoms with E-state index >= 15 is 0 Å². The van der Waals surface area contributed by atoms with Crippen LogP contribution >= 0.6 is 0 Å². The zero-order valence-corrected chi connectivity index (χ0v) is 14.2. The van der Waals surface area contributed by atoms with Gasteiger partial charge in [0.2, 0.25) is 5.91 Å². The maximum absolute atomic E-state index is 12.2. The predicted octanol–water partition coefficient (Wildman–Crippen LogP) is 3.03. The number of likely N-dealkylation sites (N-methyl/N-ethyl adjacent to an activating group) is 1. The minimum atomic E-state index is -0.118. The Balaban J connectivity index is 1.97. The molecule has 24 heavy (non-hydrogen) atoms. The maximum atomic E-state index is 12.2. The van der Waals surface area contributed by atoms with Crippen LogP contribution in [0.1, 0.15) is 27.0 Å². The van der Waals surface area contributed by atoms with Gasteiger partial charge in [0.05, 0.1) is 0 Å². The van der Waals surface area contributed by atoms with Crippen LogP contribution in [0.15, 0.2) is 54.6 Å². The first-order valence-electron chi connectivity index (χ1n) is 7.80. The first-order valence-corrected chi connectivity index (χ1v) is 7.80. The summed E-state index contributed by atoms with van der Waals surface area (Å²) in [5.41, 5.74) is 3.75. The third-order valence-corrected chi connectivity index (χ3v) is 3.70. The van der Waals surface area contributed by atoms with Crippen LogP contribution in [0.5, 0.6) is 0 Å². The summed E-state index contributed by atoms with van der Waals surface area (Å²) in [6, 6.07) is 15.2. The van der Waals surface area contributed by atoms with Gasteiger partial charge in [-0.3, -0.25) is 9.59 Å². The number of nitrogens with one attached hydrogen (secondary N) is 1. The summed E-state index contributed by atoms with van der Waals surface area (Å²) in [6.45, 7) is 2.51. The number of rotatable bonds is 5. The van der Waals surface area contributed by atoms with E-state index in [0.717, 1.165) is 16.7 Å². The molecule has 0 aliphatic rings. The molecule has 4 heteroatoms. The van der Waals surface area contributed by atoms with Crippen LogP contribution in [0.25, 0.3) is 6.08 Å². The lowest BCUT2D eigenvalue weighted by molar-refractivity contribution is -0.125. The van der Waals surface area contributed by atoms with Crippen molar-refractivity contribution >= 4 is 17.9 Å². The van der Waals surface area contributed by atoms with Gasteiger partial charge in [-0.15, -0.1) is 0 Å². The van der Waals surface area contributed by atoms with E-state index in [1.54, 1.807) is 37.2 Å². The highest BCUT2D eigenvalue weighted by atomic mass is 16.2. The molecule has 4 nitrogen and oxygen atoms in total. The van der Waals surface area contributed by atoms with E-state index in [2.05, 4.69) is 5.32 Å². The van der Waals surface area contributed by atoms with Crippen molar-refractivity contribution in [1.82, 2.24) is 10.2 Å². The summed E-state index contributed by atoms with van der Waals surface area (Å²) in [7, 11) is 3.36. The molecule has 2 rings (SSSR count). The van der Waals surface area contributed by atoms with Gasteiger partial charge in [-0.2, -0.15) is 0 Å². The summed E-state index contributed by atoms with van der Waals surface area (Å²) in [5, 5.41) is 2.58. The molecule has 0 saturated heterocycles. The minimum absolute atomic E-state index is 0.0631. The van der Waals surface area contributed by atoms with Gasteiger partial charge in [0.25, 0.3) is 5.91 Å². The SMILES string of the molecule is CNC(=O)c1ccc(CN(C)C(=O)/C=C/c2cccc(C)c2)cc1. The highest BCUT2D eigenvalue weighted by Crippen LogP contribution is 2.09. The molecule has 2 aromatic carbocycles. The molecule has 0 radical (unpaired) electrons. The van der Waals surface area contributed by atoms with Gasteiger partial charge >= 0.3 is 0 Å². The molecule has 0 fully saturated rings. The van der Waals surface area contributed by atoms with Crippen LogP contribution in [0, 0.1) is 6.92 Å². The van der Waals surface area contributed by atoms with Crippen LogP contribution in [0.2, 0.25) is 0 Å². The second-order valence-electron chi connectivity index (χ2n) is 5.72. The smallest absolute Gasteiger partial charge is 0.251 e. The number of amides is 2. The third-order valence-electron chi connectivity index (χ3n) is 3.70. The van der Waals surface area contributed by atoms with Crippen molar-refractivity contribution in [1.29, 1.82) is 0 Å². The number of benzene rings is 2. The lowest BCUT2D eigenvalue weighted by atomic mass is 10.1. The van der Waals surface area contributed by atoms with Gasteiger partial charge in [0.15, 0.2) is 0 Å². The highest BCUT2D eigenvalue weighted by Gasteiger charge is 2.07. The molecule has 0 aromatic heterocycles. The molecule has 0 unspecified atom stereocenters. The van der Waals surface area contributed by atoms with Crippen molar-refractivity contribution in [3.63, 3.8) is 0 Å². The van der Waals surface area contributed by atoms with Crippen molar-refractivity contribution < 1.29 is 9.59 Å². The van der Waals surface area contributed by atoms with Gasteiger partial charge < -0.3 is 10.2 Å². The fourth-order valence-corrected chi connectivity index (χ4v) is 2.33. The van der Waals surface area contributed by atoms with Crippen molar-refractivity contribution in [2.45, 2.75) is 13.5 Å². The van der Waals surface area contributed by atoms with Crippen LogP contribution in [0.3, 0.4) is 0 Å². The fraction of sp³-hybridized carbons (Fsp3) is 0.200. The number of hydrogen-bond donors (Lipinski definition) is 1. The summed E-state index contributed by atoms with van der Waals surface area (Å²) in [4.78, 5) is 25.4. The summed E-state index contributed by atoms with van der Waals surface area (Å²) >= 11 is 0. The lowest BCUT2D eigenvalue weighted by Gasteiger charge is -2.15. The Labute approximate surface area is 142 Å². The van der Waals surface area contributed by atoms with E-state index in [-0.39, 0.29) is 11.8 Å². The first-order chi connectivity index (χ1) is 11.5. The molecule has 0 atom stereocenters. The van der Waals surface area contributed by atoms with E-state index in [0.29, 0.717) is 12.1 Å². The van der Waals surface area contributed by atoms with Crippen molar-refractivity contribution in [3.05, 3.63) is 76.9 Å². The molecule has 2 aromatic rings. The molecule has 0 bridgehead atoms. The summed E-state index contributed by atoms with van der Waals surface area (Å²) in [6.07, 6.45) is 3.40. The Morgan fingerprint density at radius 2 is 1.83 bits per heavy atom. The quantitative estimate of drug-likeness (QED) is 0.860. The largest absolute Gasteiger partial charge is 0.355 e. The molecule has 0 spiro atoms. The average molecular weight is 322 g/mol.